The average Bonchev–Trinajstić information content (AvgIpc) is 2.58. The molecular formula is C13H3F4N5O2. The molecule has 0 aromatic carbocycles. The van der Waals surface area contributed by atoms with E-state index in [1.54, 1.807) is 0 Å². The van der Waals surface area contributed by atoms with Gasteiger partial charge in [-0.25, -0.2) is 4.39 Å². The number of piperidine rings is 1. The molecule has 1 aliphatic heterocycles. The van der Waals surface area contributed by atoms with Crippen molar-refractivity contribution in [2.45, 2.75) is 17.6 Å². The number of hydrogen-bond acceptors (Lipinski definition) is 6. The van der Waals surface area contributed by atoms with Gasteiger partial charge in [0.25, 0.3) is 5.78 Å². The number of ketones is 1. The smallest absolute Gasteiger partial charge is 0.282 e. The van der Waals surface area contributed by atoms with Crippen molar-refractivity contribution in [1.82, 2.24) is 5.12 Å². The molecule has 1 saturated heterocycles. The van der Waals surface area contributed by atoms with Crippen LogP contribution in [-0.4, -0.2) is 34.4 Å². The summed E-state index contributed by atoms with van der Waals surface area (Å²) in [5.74, 6) is -10.3. The second kappa shape index (κ2) is 4.53. The molecule has 2 aliphatic rings. The van der Waals surface area contributed by atoms with Crippen molar-refractivity contribution in [3.05, 3.63) is 12.2 Å². The van der Waals surface area contributed by atoms with E-state index in [0.717, 1.165) is 12.1 Å². The topological polar surface area (TPSA) is 133 Å². The van der Waals surface area contributed by atoms with Crippen LogP contribution < -0.4 is 0 Å². The Morgan fingerprint density at radius 2 is 1.46 bits per heavy atom. The van der Waals surface area contributed by atoms with Gasteiger partial charge in [0.05, 0.1) is 24.3 Å². The van der Waals surface area contributed by atoms with Crippen molar-refractivity contribution in [2.75, 3.05) is 0 Å². The van der Waals surface area contributed by atoms with Crippen LogP contribution in [0, 0.1) is 56.2 Å². The maximum atomic E-state index is 14.9. The first-order valence-electron chi connectivity index (χ1n) is 6.01. The lowest BCUT2D eigenvalue weighted by Crippen LogP contribution is -2.75. The zero-order valence-electron chi connectivity index (χ0n) is 11.3. The van der Waals surface area contributed by atoms with Crippen LogP contribution in [0.3, 0.4) is 0 Å². The maximum Gasteiger partial charge on any atom is 0.353 e. The molecule has 0 saturated carbocycles. The lowest BCUT2D eigenvalue weighted by atomic mass is 9.53. The molecule has 7 nitrogen and oxygen atoms in total. The molecule has 11 heteroatoms. The lowest BCUT2D eigenvalue weighted by molar-refractivity contribution is -0.228. The number of Topliss-reactive ketones (excluding diaryl/α,β-unsaturated/α-hetero) is 1. The van der Waals surface area contributed by atoms with Gasteiger partial charge in [0, 0.05) is 0 Å². The van der Waals surface area contributed by atoms with Crippen molar-refractivity contribution < 1.29 is 27.2 Å². The van der Waals surface area contributed by atoms with Gasteiger partial charge in [-0.1, -0.05) is 4.48 Å². The monoisotopic (exact) mass is 337 g/mol. The van der Waals surface area contributed by atoms with Crippen LogP contribution in [0.25, 0.3) is 0 Å². The highest BCUT2D eigenvalue weighted by molar-refractivity contribution is 6.39. The van der Waals surface area contributed by atoms with Gasteiger partial charge >= 0.3 is 11.8 Å². The summed E-state index contributed by atoms with van der Waals surface area (Å²) in [6.07, 6.45) is 0.0781. The van der Waals surface area contributed by atoms with Crippen LogP contribution >= 0.6 is 0 Å². The van der Waals surface area contributed by atoms with Crippen LogP contribution in [0.4, 0.5) is 17.7 Å². The molecule has 1 amide bonds. The normalized spacial score (nSPS) is 31.8. The van der Waals surface area contributed by atoms with Gasteiger partial charge in [-0.15, -0.1) is 0 Å². The van der Waals surface area contributed by atoms with Crippen LogP contribution in [0.5, 0.6) is 0 Å². The molecule has 0 radical (unpaired) electrons. The number of nitriles is 4. The van der Waals surface area contributed by atoms with Crippen molar-refractivity contribution >= 4 is 11.7 Å². The maximum absolute atomic E-state index is 14.9. The molecule has 0 aromatic rings. The Hall–Kier alpha value is -3.44. The SMILES string of the molecule is N#CC1(C#N)C=CC2(F)C(N(F)C(=O)C(=O)C2(F)F)C1(C#N)C#N. The molecule has 1 aliphatic carbocycles. The Morgan fingerprint density at radius 3 is 1.88 bits per heavy atom. The Morgan fingerprint density at radius 1 is 0.958 bits per heavy atom. The van der Waals surface area contributed by atoms with Crippen molar-refractivity contribution in [3.8, 4) is 24.3 Å². The molecule has 0 bridgehead atoms. The molecule has 0 aromatic heterocycles. The second-order valence-electron chi connectivity index (χ2n) is 5.09. The highest BCUT2D eigenvalue weighted by atomic mass is 19.3. The van der Waals surface area contributed by atoms with E-state index in [-0.39, 0.29) is 12.2 Å². The number of nitrogens with zero attached hydrogens (tertiary/aromatic N) is 5. The first-order valence-corrected chi connectivity index (χ1v) is 6.01. The summed E-state index contributed by atoms with van der Waals surface area (Å²) in [5, 5.41) is 35.4. The molecule has 24 heavy (non-hydrogen) atoms. The fourth-order valence-electron chi connectivity index (χ4n) is 2.73. The Labute approximate surface area is 131 Å². The van der Waals surface area contributed by atoms with E-state index in [2.05, 4.69) is 0 Å². The van der Waals surface area contributed by atoms with E-state index in [9.17, 15) is 37.8 Å². The zero-order chi connectivity index (χ0) is 18.6. The van der Waals surface area contributed by atoms with Crippen LogP contribution in [0.1, 0.15) is 0 Å². The zero-order valence-corrected chi connectivity index (χ0v) is 11.3. The highest BCUT2D eigenvalue weighted by Gasteiger charge is 2.81. The van der Waals surface area contributed by atoms with Gasteiger partial charge in [0.2, 0.25) is 11.1 Å². The number of carbonyl (C=O) groups excluding carboxylic acids is 2. The molecule has 0 spiro atoms. The van der Waals surface area contributed by atoms with Gasteiger partial charge in [-0.3, -0.25) is 9.59 Å². The fraction of sp³-hybridized carbons (Fsp3) is 0.385. The van der Waals surface area contributed by atoms with Gasteiger partial charge < -0.3 is 0 Å². The summed E-state index contributed by atoms with van der Waals surface area (Å²) in [4.78, 5) is 22.6. The summed E-state index contributed by atoms with van der Waals surface area (Å²) in [6.45, 7) is 0. The van der Waals surface area contributed by atoms with Crippen LogP contribution in [0.2, 0.25) is 0 Å². The number of amides is 1. The molecular weight excluding hydrogens is 334 g/mol. The second-order valence-corrected chi connectivity index (χ2v) is 5.09. The van der Waals surface area contributed by atoms with E-state index in [1.165, 1.54) is 12.1 Å². The van der Waals surface area contributed by atoms with E-state index in [0.29, 0.717) is 0 Å². The Bertz CT molecular complexity index is 828. The first-order chi connectivity index (χ1) is 11.0. The van der Waals surface area contributed by atoms with E-state index in [1.807, 2.05) is 0 Å². The summed E-state index contributed by atoms with van der Waals surface area (Å²) in [7, 11) is 0. The Balaban J connectivity index is 2.99. The molecule has 2 unspecified atom stereocenters. The summed E-state index contributed by atoms with van der Waals surface area (Å²) >= 11 is 0. The fourth-order valence-corrected chi connectivity index (χ4v) is 2.73. The third-order valence-corrected chi connectivity index (χ3v) is 4.09. The molecule has 1 heterocycles. The number of allylic oxidation sites excluding steroid dienone is 1. The van der Waals surface area contributed by atoms with Crippen molar-refractivity contribution in [1.29, 1.82) is 21.0 Å². The number of fused-ring (bicyclic) bond motifs is 1. The minimum atomic E-state index is -5.11. The number of halogens is 4. The van der Waals surface area contributed by atoms with Crippen LogP contribution in [-0.2, 0) is 9.59 Å². The quantitative estimate of drug-likeness (QED) is 0.275. The highest BCUT2D eigenvalue weighted by Crippen LogP contribution is 2.58. The number of hydrogen-bond donors (Lipinski definition) is 0. The molecule has 2 atom stereocenters. The van der Waals surface area contributed by atoms with Gasteiger partial charge in [-0.2, -0.15) is 35.0 Å². The van der Waals surface area contributed by atoms with Crippen molar-refractivity contribution in [2.24, 2.45) is 10.8 Å². The summed E-state index contributed by atoms with van der Waals surface area (Å²) < 4.78 is 57.2. The molecule has 1 fully saturated rings. The largest absolute Gasteiger partial charge is 0.353 e. The average molecular weight is 337 g/mol. The molecule has 120 valence electrons. The first kappa shape index (κ1) is 16.9. The number of rotatable bonds is 0. The van der Waals surface area contributed by atoms with Crippen LogP contribution in [0.15, 0.2) is 12.2 Å². The van der Waals surface area contributed by atoms with Crippen molar-refractivity contribution in [3.63, 3.8) is 0 Å². The van der Waals surface area contributed by atoms with E-state index >= 15 is 0 Å². The predicted octanol–water partition coefficient (Wildman–Crippen LogP) is 0.631. The number of carbonyl (C=O) groups is 2. The van der Waals surface area contributed by atoms with Gasteiger partial charge in [0.15, 0.2) is 5.41 Å². The minimum absolute atomic E-state index is 0.131. The van der Waals surface area contributed by atoms with E-state index in [4.69, 9.17) is 10.5 Å². The lowest BCUT2D eigenvalue weighted by Gasteiger charge is -2.50. The summed E-state index contributed by atoms with van der Waals surface area (Å²) in [6, 6.07) is 1.20. The predicted molar refractivity (Wildman–Crippen MR) is 62.0 cm³/mol. The number of alkyl halides is 3. The van der Waals surface area contributed by atoms with E-state index < -0.39 is 45.3 Å². The van der Waals surface area contributed by atoms with Gasteiger partial charge in [-0.05, 0) is 12.2 Å². The molecule has 2 rings (SSSR count). The third-order valence-electron chi connectivity index (χ3n) is 4.09. The Kier molecular flexibility index (Phi) is 3.20. The van der Waals surface area contributed by atoms with Gasteiger partial charge in [0.1, 0.15) is 6.04 Å². The summed E-state index contributed by atoms with van der Waals surface area (Å²) in [5.41, 5.74) is -10.5. The standard InChI is InChI=1S/C13H3F4N5O2/c14-12-2-1-10(3-18,4-19)11(5-20,6-21)9(12)22(17)8(24)7(23)13(12,15)16/h1-2,9H. The third kappa shape index (κ3) is 1.42. The molecule has 0 N–H and O–H groups in total. The minimum Gasteiger partial charge on any atom is -0.282 e.